The Morgan fingerprint density at radius 1 is 1.47 bits per heavy atom. The maximum absolute atomic E-state index is 6.26. The third kappa shape index (κ3) is 4.91. The minimum Gasteiger partial charge on any atom is -0.316 e. The highest BCUT2D eigenvalue weighted by molar-refractivity contribution is 9.10. The van der Waals surface area contributed by atoms with Gasteiger partial charge in [0.25, 0.3) is 0 Å². The van der Waals surface area contributed by atoms with Crippen LogP contribution in [0, 0.1) is 5.41 Å². The van der Waals surface area contributed by atoms with Crippen molar-refractivity contribution >= 4 is 39.9 Å². The van der Waals surface area contributed by atoms with Crippen LogP contribution in [0.1, 0.15) is 18.9 Å². The van der Waals surface area contributed by atoms with Gasteiger partial charge in [-0.25, -0.2) is 0 Å². The summed E-state index contributed by atoms with van der Waals surface area (Å²) >= 11 is 9.69. The number of benzene rings is 1. The maximum atomic E-state index is 6.26. The van der Waals surface area contributed by atoms with Crippen molar-refractivity contribution in [2.45, 2.75) is 19.9 Å². The van der Waals surface area contributed by atoms with Crippen LogP contribution in [0.2, 0.25) is 5.02 Å². The van der Waals surface area contributed by atoms with E-state index in [4.69, 9.17) is 11.6 Å². The van der Waals surface area contributed by atoms with Gasteiger partial charge in [-0.05, 0) is 43.1 Å². The fraction of sp³-hybridized carbons (Fsp3) is 0.571. The zero-order valence-electron chi connectivity index (χ0n) is 11.4. The number of hydrogen-bond donors (Lipinski definition) is 1. The SMILES string of the molecule is CN(Cc1ccc(Br)cc1Cl)CC1(C)CCNC1.Cl. The highest BCUT2D eigenvalue weighted by Gasteiger charge is 2.29. The Kier molecular flexibility index (Phi) is 6.61. The molecule has 1 heterocycles. The molecule has 0 radical (unpaired) electrons. The first kappa shape index (κ1) is 17.3. The van der Waals surface area contributed by atoms with Crippen LogP contribution in [0.4, 0.5) is 0 Å². The van der Waals surface area contributed by atoms with Gasteiger partial charge < -0.3 is 10.2 Å². The molecule has 1 aromatic carbocycles. The second kappa shape index (κ2) is 7.28. The molecule has 0 amide bonds. The van der Waals surface area contributed by atoms with E-state index < -0.39 is 0 Å². The summed E-state index contributed by atoms with van der Waals surface area (Å²) in [7, 11) is 2.17. The molecule has 0 spiro atoms. The smallest absolute Gasteiger partial charge is 0.0462 e. The highest BCUT2D eigenvalue weighted by atomic mass is 79.9. The molecule has 0 bridgehead atoms. The molecule has 2 nitrogen and oxygen atoms in total. The number of rotatable bonds is 4. The van der Waals surface area contributed by atoms with Gasteiger partial charge in [0, 0.05) is 29.1 Å². The van der Waals surface area contributed by atoms with E-state index in [1.165, 1.54) is 12.0 Å². The van der Waals surface area contributed by atoms with Crippen LogP contribution in [0.5, 0.6) is 0 Å². The molecule has 0 aromatic heterocycles. The van der Waals surface area contributed by atoms with E-state index in [0.29, 0.717) is 5.41 Å². The fourth-order valence-electron chi connectivity index (χ4n) is 2.65. The van der Waals surface area contributed by atoms with E-state index in [9.17, 15) is 0 Å². The standard InChI is InChI=1S/C14H20BrClN2.ClH/c1-14(5-6-17-9-14)10-18(2)8-11-3-4-12(15)7-13(11)16;/h3-4,7,17H,5-6,8-10H2,1-2H3;1H. The fourth-order valence-corrected chi connectivity index (χ4v) is 3.39. The number of hydrogen-bond acceptors (Lipinski definition) is 2. The Hall–Kier alpha value is 0.200. The maximum Gasteiger partial charge on any atom is 0.0462 e. The number of nitrogens with zero attached hydrogens (tertiary/aromatic N) is 1. The summed E-state index contributed by atoms with van der Waals surface area (Å²) < 4.78 is 1.03. The van der Waals surface area contributed by atoms with E-state index in [1.807, 2.05) is 12.1 Å². The molecule has 1 N–H and O–H groups in total. The van der Waals surface area contributed by atoms with Crippen molar-refractivity contribution in [3.63, 3.8) is 0 Å². The van der Waals surface area contributed by atoms with Gasteiger partial charge in [0.2, 0.25) is 0 Å². The molecule has 1 unspecified atom stereocenters. The molecule has 2 rings (SSSR count). The summed E-state index contributed by atoms with van der Waals surface area (Å²) in [6.45, 7) is 6.62. The van der Waals surface area contributed by atoms with E-state index in [0.717, 1.165) is 35.7 Å². The van der Waals surface area contributed by atoms with Crippen molar-refractivity contribution in [2.75, 3.05) is 26.7 Å². The van der Waals surface area contributed by atoms with Crippen LogP contribution in [-0.4, -0.2) is 31.6 Å². The minimum absolute atomic E-state index is 0. The lowest BCUT2D eigenvalue weighted by Crippen LogP contribution is -2.34. The lowest BCUT2D eigenvalue weighted by molar-refractivity contribution is 0.203. The van der Waals surface area contributed by atoms with Gasteiger partial charge >= 0.3 is 0 Å². The van der Waals surface area contributed by atoms with Crippen molar-refractivity contribution in [3.8, 4) is 0 Å². The number of nitrogens with one attached hydrogen (secondary N) is 1. The van der Waals surface area contributed by atoms with E-state index in [2.05, 4.69) is 46.2 Å². The summed E-state index contributed by atoms with van der Waals surface area (Å²) in [5, 5.41) is 4.28. The topological polar surface area (TPSA) is 15.3 Å². The molecule has 0 aliphatic carbocycles. The molecule has 108 valence electrons. The van der Waals surface area contributed by atoms with Crippen LogP contribution in [0.25, 0.3) is 0 Å². The summed E-state index contributed by atoms with van der Waals surface area (Å²) in [4.78, 5) is 2.36. The molecule has 1 saturated heterocycles. The number of halogens is 3. The largest absolute Gasteiger partial charge is 0.316 e. The van der Waals surface area contributed by atoms with Crippen LogP contribution < -0.4 is 5.32 Å². The van der Waals surface area contributed by atoms with Crippen molar-refractivity contribution in [3.05, 3.63) is 33.3 Å². The van der Waals surface area contributed by atoms with Crippen LogP contribution in [0.3, 0.4) is 0 Å². The van der Waals surface area contributed by atoms with E-state index >= 15 is 0 Å². The van der Waals surface area contributed by atoms with Crippen LogP contribution in [-0.2, 0) is 6.54 Å². The predicted molar refractivity (Wildman–Crippen MR) is 88.3 cm³/mol. The molecular weight excluding hydrogens is 347 g/mol. The molecule has 1 aromatic rings. The van der Waals surface area contributed by atoms with E-state index in [-0.39, 0.29) is 12.4 Å². The Bertz CT molecular complexity index is 420. The lowest BCUT2D eigenvalue weighted by atomic mass is 9.89. The van der Waals surface area contributed by atoms with Crippen molar-refractivity contribution in [1.29, 1.82) is 0 Å². The average Bonchev–Trinajstić information content (AvgIpc) is 2.69. The molecule has 1 aliphatic rings. The van der Waals surface area contributed by atoms with Gasteiger partial charge in [-0.2, -0.15) is 0 Å². The summed E-state index contributed by atoms with van der Waals surface area (Å²) in [5.41, 5.74) is 1.59. The van der Waals surface area contributed by atoms with Gasteiger partial charge in [-0.1, -0.05) is 40.5 Å². The zero-order chi connectivity index (χ0) is 13.2. The van der Waals surface area contributed by atoms with Gasteiger partial charge in [0.15, 0.2) is 0 Å². The first-order valence-electron chi connectivity index (χ1n) is 6.32. The normalized spacial score (nSPS) is 22.6. The predicted octanol–water partition coefficient (Wildman–Crippen LogP) is 3.96. The molecule has 1 aliphatic heterocycles. The van der Waals surface area contributed by atoms with Crippen molar-refractivity contribution < 1.29 is 0 Å². The van der Waals surface area contributed by atoms with Gasteiger partial charge in [0.1, 0.15) is 0 Å². The molecule has 1 fully saturated rings. The summed E-state index contributed by atoms with van der Waals surface area (Å²) in [6, 6.07) is 6.11. The molecule has 0 saturated carbocycles. The molecule has 1 atom stereocenters. The van der Waals surface area contributed by atoms with Crippen molar-refractivity contribution in [2.24, 2.45) is 5.41 Å². The highest BCUT2D eigenvalue weighted by Crippen LogP contribution is 2.27. The van der Waals surface area contributed by atoms with E-state index in [1.54, 1.807) is 0 Å². The third-order valence-corrected chi connectivity index (χ3v) is 4.41. The zero-order valence-corrected chi connectivity index (χ0v) is 14.5. The van der Waals surface area contributed by atoms with Crippen molar-refractivity contribution in [1.82, 2.24) is 10.2 Å². The van der Waals surface area contributed by atoms with Gasteiger partial charge in [0.05, 0.1) is 0 Å². The van der Waals surface area contributed by atoms with Crippen LogP contribution >= 0.6 is 39.9 Å². The monoisotopic (exact) mass is 366 g/mol. The molecule has 19 heavy (non-hydrogen) atoms. The lowest BCUT2D eigenvalue weighted by Gasteiger charge is -2.29. The second-order valence-corrected chi connectivity index (χ2v) is 6.97. The summed E-state index contributed by atoms with van der Waals surface area (Å²) in [6.07, 6.45) is 1.26. The van der Waals surface area contributed by atoms with Gasteiger partial charge in [-0.3, -0.25) is 0 Å². The third-order valence-electron chi connectivity index (χ3n) is 3.56. The average molecular weight is 368 g/mol. The Labute approximate surface area is 135 Å². The van der Waals surface area contributed by atoms with Gasteiger partial charge in [-0.15, -0.1) is 12.4 Å². The molecular formula is C14H21BrCl2N2. The minimum atomic E-state index is 0. The summed E-state index contributed by atoms with van der Waals surface area (Å²) in [5.74, 6) is 0. The first-order chi connectivity index (χ1) is 8.48. The van der Waals surface area contributed by atoms with Crippen LogP contribution in [0.15, 0.2) is 22.7 Å². The Balaban J connectivity index is 0.00000180. The first-order valence-corrected chi connectivity index (χ1v) is 7.49. The molecule has 5 heteroatoms. The second-order valence-electron chi connectivity index (χ2n) is 5.65. The Morgan fingerprint density at radius 2 is 2.21 bits per heavy atom. The quantitative estimate of drug-likeness (QED) is 0.866. The Morgan fingerprint density at radius 3 is 2.79 bits per heavy atom.